The van der Waals surface area contributed by atoms with E-state index in [0.717, 1.165) is 32.5 Å². The van der Waals surface area contributed by atoms with E-state index < -0.39 is 6.61 Å². The van der Waals surface area contributed by atoms with Crippen LogP contribution in [0.5, 0.6) is 5.75 Å². The quantitative estimate of drug-likeness (QED) is 0.859. The Balaban J connectivity index is 0.00000264. The highest BCUT2D eigenvalue weighted by Gasteiger charge is 2.23. The number of para-hydroxylation sites is 1. The van der Waals surface area contributed by atoms with Crippen LogP contribution in [0.15, 0.2) is 24.3 Å². The number of nitrogens with one attached hydrogen (secondary N) is 1. The molecule has 130 valence electrons. The molecule has 1 aromatic carbocycles. The number of ether oxygens (including phenoxy) is 1. The molecular weight excluding hydrogens is 326 g/mol. The highest BCUT2D eigenvalue weighted by molar-refractivity contribution is 5.85. The fourth-order valence-electron chi connectivity index (χ4n) is 2.81. The van der Waals surface area contributed by atoms with Gasteiger partial charge in [0.1, 0.15) is 5.75 Å². The third-order valence-corrected chi connectivity index (χ3v) is 3.99. The summed E-state index contributed by atoms with van der Waals surface area (Å²) in [5.74, 6) is 0.646. The van der Waals surface area contributed by atoms with E-state index in [1.807, 2.05) is 11.9 Å². The summed E-state index contributed by atoms with van der Waals surface area (Å²) in [5, 5.41) is 3.16. The summed E-state index contributed by atoms with van der Waals surface area (Å²) in [6.07, 6.45) is 2.04. The summed E-state index contributed by atoms with van der Waals surface area (Å²) in [6, 6.07) is 6.46. The molecule has 0 spiro atoms. The number of piperidine rings is 1. The van der Waals surface area contributed by atoms with Crippen LogP contribution in [-0.4, -0.2) is 44.1 Å². The van der Waals surface area contributed by atoms with Gasteiger partial charge in [-0.25, -0.2) is 0 Å². The average molecular weight is 349 g/mol. The largest absolute Gasteiger partial charge is 0.435 e. The van der Waals surface area contributed by atoms with E-state index in [4.69, 9.17) is 0 Å². The highest BCUT2D eigenvalue weighted by Crippen LogP contribution is 2.23. The van der Waals surface area contributed by atoms with Gasteiger partial charge in [0.2, 0.25) is 5.91 Å². The zero-order chi connectivity index (χ0) is 15.9. The van der Waals surface area contributed by atoms with Gasteiger partial charge in [-0.1, -0.05) is 18.2 Å². The molecule has 4 nitrogen and oxygen atoms in total. The fourth-order valence-corrected chi connectivity index (χ4v) is 2.81. The van der Waals surface area contributed by atoms with Crippen molar-refractivity contribution in [3.8, 4) is 5.75 Å². The standard InChI is InChI=1S/C16H22F2N2O2.ClH/c1-19-11-12-6-8-20(9-7-12)15(21)10-13-4-2-3-5-14(13)22-16(17)18;/h2-5,12,16,19H,6-11H2,1H3;1H. The molecule has 1 amide bonds. The van der Waals surface area contributed by atoms with Gasteiger partial charge in [-0.3, -0.25) is 4.79 Å². The fraction of sp³-hybridized carbons (Fsp3) is 0.562. The minimum Gasteiger partial charge on any atom is -0.435 e. The van der Waals surface area contributed by atoms with E-state index in [2.05, 4.69) is 10.1 Å². The summed E-state index contributed by atoms with van der Waals surface area (Å²) >= 11 is 0. The van der Waals surface area contributed by atoms with Crippen molar-refractivity contribution in [1.82, 2.24) is 10.2 Å². The third-order valence-electron chi connectivity index (χ3n) is 3.99. The topological polar surface area (TPSA) is 41.6 Å². The molecule has 0 aliphatic carbocycles. The van der Waals surface area contributed by atoms with Crippen LogP contribution in [0.1, 0.15) is 18.4 Å². The second-order valence-electron chi connectivity index (χ2n) is 5.54. The number of halogens is 3. The van der Waals surface area contributed by atoms with Gasteiger partial charge in [0.25, 0.3) is 0 Å². The van der Waals surface area contributed by atoms with Crippen molar-refractivity contribution < 1.29 is 18.3 Å². The normalized spacial score (nSPS) is 15.4. The predicted octanol–water partition coefficient (Wildman–Crippen LogP) is 2.71. The number of hydrogen-bond donors (Lipinski definition) is 1. The van der Waals surface area contributed by atoms with Crippen LogP contribution in [0.4, 0.5) is 8.78 Å². The van der Waals surface area contributed by atoms with Crippen molar-refractivity contribution in [1.29, 1.82) is 0 Å². The number of nitrogens with zero attached hydrogens (tertiary/aromatic N) is 1. The number of carbonyl (C=O) groups is 1. The Morgan fingerprint density at radius 1 is 1.35 bits per heavy atom. The first-order chi connectivity index (χ1) is 10.6. The smallest absolute Gasteiger partial charge is 0.387 e. The van der Waals surface area contributed by atoms with E-state index in [1.54, 1.807) is 18.2 Å². The Bertz CT molecular complexity index is 495. The Kier molecular flexibility index (Phi) is 8.26. The van der Waals surface area contributed by atoms with E-state index in [-0.39, 0.29) is 30.5 Å². The van der Waals surface area contributed by atoms with Crippen molar-refractivity contribution in [3.63, 3.8) is 0 Å². The Labute approximate surface area is 141 Å². The second-order valence-corrected chi connectivity index (χ2v) is 5.54. The molecule has 0 saturated carbocycles. The lowest BCUT2D eigenvalue weighted by Crippen LogP contribution is -2.41. The molecule has 0 radical (unpaired) electrons. The van der Waals surface area contributed by atoms with Crippen LogP contribution in [0.3, 0.4) is 0 Å². The van der Waals surface area contributed by atoms with Crippen molar-refractivity contribution in [2.45, 2.75) is 25.9 Å². The van der Waals surface area contributed by atoms with Crippen LogP contribution >= 0.6 is 12.4 Å². The number of alkyl halides is 2. The second kappa shape index (κ2) is 9.67. The summed E-state index contributed by atoms with van der Waals surface area (Å²) in [6.45, 7) is -0.465. The van der Waals surface area contributed by atoms with Gasteiger partial charge in [0.15, 0.2) is 0 Å². The monoisotopic (exact) mass is 348 g/mol. The van der Waals surface area contributed by atoms with Crippen molar-refractivity contribution in [2.75, 3.05) is 26.7 Å². The van der Waals surface area contributed by atoms with Crippen LogP contribution in [0.25, 0.3) is 0 Å². The first-order valence-corrected chi connectivity index (χ1v) is 7.55. The molecule has 1 N–H and O–H groups in total. The van der Waals surface area contributed by atoms with Gasteiger partial charge < -0.3 is 15.0 Å². The molecule has 0 bridgehead atoms. The van der Waals surface area contributed by atoms with Gasteiger partial charge in [-0.05, 0) is 38.4 Å². The summed E-state index contributed by atoms with van der Waals surface area (Å²) < 4.78 is 29.2. The van der Waals surface area contributed by atoms with Crippen LogP contribution < -0.4 is 10.1 Å². The molecule has 1 fully saturated rings. The minimum atomic E-state index is -2.88. The molecule has 2 rings (SSSR count). The van der Waals surface area contributed by atoms with Crippen LogP contribution in [0.2, 0.25) is 0 Å². The lowest BCUT2D eigenvalue weighted by Gasteiger charge is -2.32. The Hall–Kier alpha value is -1.40. The average Bonchev–Trinajstić information content (AvgIpc) is 2.50. The van der Waals surface area contributed by atoms with E-state index in [9.17, 15) is 13.6 Å². The lowest BCUT2D eigenvalue weighted by atomic mass is 9.96. The highest BCUT2D eigenvalue weighted by atomic mass is 35.5. The first kappa shape index (κ1) is 19.6. The molecule has 1 aliphatic rings. The molecule has 0 unspecified atom stereocenters. The molecular formula is C16H23ClF2N2O2. The SMILES string of the molecule is CNCC1CCN(C(=O)Cc2ccccc2OC(F)F)CC1.Cl. The molecule has 23 heavy (non-hydrogen) atoms. The Morgan fingerprint density at radius 3 is 2.61 bits per heavy atom. The number of carbonyl (C=O) groups excluding carboxylic acids is 1. The maximum atomic E-state index is 12.4. The van der Waals surface area contributed by atoms with Gasteiger partial charge >= 0.3 is 6.61 Å². The van der Waals surface area contributed by atoms with E-state index in [1.165, 1.54) is 6.07 Å². The Morgan fingerprint density at radius 2 is 2.00 bits per heavy atom. The molecule has 1 aromatic rings. The molecule has 0 atom stereocenters. The molecule has 7 heteroatoms. The van der Waals surface area contributed by atoms with Gasteiger partial charge in [-0.2, -0.15) is 8.78 Å². The first-order valence-electron chi connectivity index (χ1n) is 7.55. The maximum Gasteiger partial charge on any atom is 0.387 e. The summed E-state index contributed by atoms with van der Waals surface area (Å²) in [4.78, 5) is 14.1. The summed E-state index contributed by atoms with van der Waals surface area (Å²) in [5.41, 5.74) is 0.505. The zero-order valence-corrected chi connectivity index (χ0v) is 14.0. The van der Waals surface area contributed by atoms with E-state index >= 15 is 0 Å². The van der Waals surface area contributed by atoms with Crippen molar-refractivity contribution in [2.24, 2.45) is 5.92 Å². The number of likely N-dealkylation sites (tertiary alicyclic amines) is 1. The van der Waals surface area contributed by atoms with E-state index in [0.29, 0.717) is 11.5 Å². The predicted molar refractivity (Wildman–Crippen MR) is 87.3 cm³/mol. The molecule has 0 aromatic heterocycles. The lowest BCUT2D eigenvalue weighted by molar-refractivity contribution is -0.132. The third kappa shape index (κ3) is 5.95. The number of benzene rings is 1. The van der Waals surface area contributed by atoms with Crippen LogP contribution in [0, 0.1) is 5.92 Å². The number of amides is 1. The molecule has 1 aliphatic heterocycles. The molecule has 1 heterocycles. The van der Waals surface area contributed by atoms with Gasteiger partial charge in [0.05, 0.1) is 6.42 Å². The minimum absolute atomic E-state index is 0. The maximum absolute atomic E-state index is 12.4. The number of rotatable bonds is 6. The van der Waals surface area contributed by atoms with Gasteiger partial charge in [-0.15, -0.1) is 12.4 Å². The van der Waals surface area contributed by atoms with Crippen molar-refractivity contribution in [3.05, 3.63) is 29.8 Å². The van der Waals surface area contributed by atoms with Crippen molar-refractivity contribution >= 4 is 18.3 Å². The van der Waals surface area contributed by atoms with Crippen LogP contribution in [-0.2, 0) is 11.2 Å². The number of hydrogen-bond acceptors (Lipinski definition) is 3. The van der Waals surface area contributed by atoms with Gasteiger partial charge in [0, 0.05) is 18.7 Å². The molecule has 1 saturated heterocycles. The zero-order valence-electron chi connectivity index (χ0n) is 13.1. The summed E-state index contributed by atoms with van der Waals surface area (Å²) in [7, 11) is 1.93.